The predicted molar refractivity (Wildman–Crippen MR) is 122 cm³/mol. The van der Waals surface area contributed by atoms with Gasteiger partial charge in [0, 0.05) is 12.6 Å². The van der Waals surface area contributed by atoms with E-state index in [0.29, 0.717) is 34.4 Å². The largest absolute Gasteiger partial charge is 0.339 e. The van der Waals surface area contributed by atoms with E-state index in [9.17, 15) is 9.59 Å². The average Bonchev–Trinajstić information content (AvgIpc) is 2.80. The molecule has 30 heavy (non-hydrogen) atoms. The minimum Gasteiger partial charge on any atom is -0.339 e. The molecule has 1 atom stereocenters. The highest BCUT2D eigenvalue weighted by atomic mass is 32.2. The minimum atomic E-state index is -0.0659. The van der Waals surface area contributed by atoms with Gasteiger partial charge >= 0.3 is 0 Å². The van der Waals surface area contributed by atoms with E-state index in [1.165, 1.54) is 18.2 Å². The first-order valence-electron chi connectivity index (χ1n) is 10.6. The van der Waals surface area contributed by atoms with E-state index < -0.39 is 0 Å². The number of thioether (sulfide) groups is 1. The summed E-state index contributed by atoms with van der Waals surface area (Å²) >= 11 is 1.37. The number of amides is 1. The van der Waals surface area contributed by atoms with Crippen LogP contribution in [0, 0.1) is 0 Å². The molecule has 1 amide bonds. The molecule has 0 spiro atoms. The van der Waals surface area contributed by atoms with E-state index >= 15 is 0 Å². The molecule has 5 nitrogen and oxygen atoms in total. The Labute approximate surface area is 181 Å². The molecule has 1 aliphatic heterocycles. The summed E-state index contributed by atoms with van der Waals surface area (Å²) in [7, 11) is 0. The van der Waals surface area contributed by atoms with Crippen LogP contribution < -0.4 is 5.56 Å². The molecule has 1 aliphatic rings. The molecule has 1 fully saturated rings. The normalized spacial score (nSPS) is 16.7. The van der Waals surface area contributed by atoms with Crippen molar-refractivity contribution in [2.45, 2.75) is 50.4 Å². The third-order valence-electron chi connectivity index (χ3n) is 5.75. The Balaban J connectivity index is 1.62. The number of benzene rings is 2. The van der Waals surface area contributed by atoms with Crippen LogP contribution >= 0.6 is 11.8 Å². The molecule has 0 aliphatic carbocycles. The van der Waals surface area contributed by atoms with Crippen LogP contribution in [0.1, 0.15) is 38.2 Å². The van der Waals surface area contributed by atoms with Crippen LogP contribution in [0.15, 0.2) is 64.5 Å². The maximum absolute atomic E-state index is 13.2. The van der Waals surface area contributed by atoms with Crippen molar-refractivity contribution >= 4 is 28.6 Å². The van der Waals surface area contributed by atoms with Crippen LogP contribution in [0.3, 0.4) is 0 Å². The molecule has 1 saturated heterocycles. The van der Waals surface area contributed by atoms with Gasteiger partial charge in [0.25, 0.3) is 5.56 Å². The summed E-state index contributed by atoms with van der Waals surface area (Å²) in [6.07, 6.45) is 4.33. The van der Waals surface area contributed by atoms with E-state index in [2.05, 4.69) is 6.92 Å². The molecule has 0 bridgehead atoms. The summed E-state index contributed by atoms with van der Waals surface area (Å²) < 4.78 is 1.70. The van der Waals surface area contributed by atoms with Crippen LogP contribution in [-0.4, -0.2) is 38.7 Å². The number of likely N-dealkylation sites (tertiary alicyclic amines) is 1. The van der Waals surface area contributed by atoms with Gasteiger partial charge in [0.15, 0.2) is 5.16 Å². The number of rotatable bonds is 6. The van der Waals surface area contributed by atoms with Crippen molar-refractivity contribution in [3.8, 4) is 0 Å². The lowest BCUT2D eigenvalue weighted by molar-refractivity contribution is -0.132. The standard InChI is InChI=1S/C24H27N3O2S/c1-2-19-12-8-9-15-26(19)22(28)17-30-24-25-21-14-7-6-13-20(21)23(29)27(24)16-18-10-4-3-5-11-18/h3-7,10-11,13-14,19H,2,8-9,12,15-17H2,1H3/t19-/m1/s1. The third kappa shape index (κ3) is 4.43. The molecule has 4 rings (SSSR count). The van der Waals surface area contributed by atoms with Gasteiger partial charge in [-0.25, -0.2) is 4.98 Å². The smallest absolute Gasteiger partial charge is 0.262 e. The lowest BCUT2D eigenvalue weighted by atomic mass is 10.0. The molecule has 0 unspecified atom stereocenters. The zero-order chi connectivity index (χ0) is 20.9. The molecule has 3 aromatic rings. The zero-order valence-electron chi connectivity index (χ0n) is 17.3. The Morgan fingerprint density at radius 1 is 1.10 bits per heavy atom. The lowest BCUT2D eigenvalue weighted by Gasteiger charge is -2.35. The number of fused-ring (bicyclic) bond motifs is 1. The van der Waals surface area contributed by atoms with E-state index in [1.54, 1.807) is 4.57 Å². The first-order chi connectivity index (χ1) is 14.7. The summed E-state index contributed by atoms with van der Waals surface area (Å²) in [6.45, 7) is 3.42. The van der Waals surface area contributed by atoms with Crippen LogP contribution in [-0.2, 0) is 11.3 Å². The highest BCUT2D eigenvalue weighted by Crippen LogP contribution is 2.23. The van der Waals surface area contributed by atoms with Gasteiger partial charge in [0.2, 0.25) is 5.91 Å². The fourth-order valence-electron chi connectivity index (χ4n) is 4.13. The number of piperidine rings is 1. The van der Waals surface area contributed by atoms with E-state index in [4.69, 9.17) is 4.98 Å². The maximum Gasteiger partial charge on any atom is 0.262 e. The van der Waals surface area contributed by atoms with E-state index in [-0.39, 0.29) is 11.5 Å². The minimum absolute atomic E-state index is 0.0659. The molecular weight excluding hydrogens is 394 g/mol. The van der Waals surface area contributed by atoms with Gasteiger partial charge in [-0.3, -0.25) is 14.2 Å². The van der Waals surface area contributed by atoms with Crippen molar-refractivity contribution in [3.05, 3.63) is 70.5 Å². The van der Waals surface area contributed by atoms with Crippen molar-refractivity contribution < 1.29 is 4.79 Å². The zero-order valence-corrected chi connectivity index (χ0v) is 18.1. The van der Waals surface area contributed by atoms with Crippen LogP contribution in [0.5, 0.6) is 0 Å². The summed E-state index contributed by atoms with van der Waals surface area (Å²) in [5.74, 6) is 0.441. The summed E-state index contributed by atoms with van der Waals surface area (Å²) in [5, 5.41) is 1.20. The van der Waals surface area contributed by atoms with Gasteiger partial charge in [-0.15, -0.1) is 0 Å². The number of para-hydroxylation sites is 1. The second-order valence-corrected chi connectivity index (χ2v) is 8.66. The predicted octanol–water partition coefficient (Wildman–Crippen LogP) is 4.33. The van der Waals surface area contributed by atoms with Crippen LogP contribution in [0.25, 0.3) is 10.9 Å². The van der Waals surface area contributed by atoms with Crippen molar-refractivity contribution in [1.82, 2.24) is 14.5 Å². The molecule has 0 N–H and O–H groups in total. The SMILES string of the molecule is CC[C@@H]1CCCCN1C(=O)CSc1nc2ccccc2c(=O)n1Cc1ccccc1. The number of hydrogen-bond acceptors (Lipinski definition) is 4. The molecule has 2 aromatic carbocycles. The van der Waals surface area contributed by atoms with Gasteiger partial charge in [0.1, 0.15) is 0 Å². The monoisotopic (exact) mass is 421 g/mol. The Kier molecular flexibility index (Phi) is 6.53. The van der Waals surface area contributed by atoms with Crippen LogP contribution in [0.2, 0.25) is 0 Å². The summed E-state index contributed by atoms with van der Waals surface area (Å²) in [5.41, 5.74) is 1.64. The number of aromatic nitrogens is 2. The van der Waals surface area contributed by atoms with E-state index in [1.807, 2.05) is 59.5 Å². The first kappa shape index (κ1) is 20.7. The number of nitrogens with zero attached hydrogens (tertiary/aromatic N) is 3. The molecule has 0 radical (unpaired) electrons. The Morgan fingerprint density at radius 2 is 1.87 bits per heavy atom. The molecule has 0 saturated carbocycles. The summed E-state index contributed by atoms with van der Waals surface area (Å²) in [4.78, 5) is 32.9. The molecule has 156 valence electrons. The molecule has 2 heterocycles. The molecule has 1 aromatic heterocycles. The van der Waals surface area contributed by atoms with Crippen molar-refractivity contribution in [2.24, 2.45) is 0 Å². The maximum atomic E-state index is 13.2. The third-order valence-corrected chi connectivity index (χ3v) is 6.71. The van der Waals surface area contributed by atoms with Gasteiger partial charge in [-0.05, 0) is 43.4 Å². The number of hydrogen-bond donors (Lipinski definition) is 0. The van der Waals surface area contributed by atoms with E-state index in [0.717, 1.165) is 31.4 Å². The fourth-order valence-corrected chi connectivity index (χ4v) is 5.01. The van der Waals surface area contributed by atoms with Crippen molar-refractivity contribution in [3.63, 3.8) is 0 Å². The highest BCUT2D eigenvalue weighted by molar-refractivity contribution is 7.99. The molecule has 6 heteroatoms. The van der Waals surface area contributed by atoms with Gasteiger partial charge in [-0.1, -0.05) is 61.2 Å². The van der Waals surface area contributed by atoms with Gasteiger partial charge < -0.3 is 4.90 Å². The van der Waals surface area contributed by atoms with Gasteiger partial charge in [0.05, 0.1) is 23.2 Å². The second-order valence-electron chi connectivity index (χ2n) is 7.72. The topological polar surface area (TPSA) is 55.2 Å². The first-order valence-corrected chi connectivity index (χ1v) is 11.6. The quantitative estimate of drug-likeness (QED) is 0.439. The average molecular weight is 422 g/mol. The Bertz CT molecular complexity index is 1080. The lowest BCUT2D eigenvalue weighted by Crippen LogP contribution is -2.44. The highest BCUT2D eigenvalue weighted by Gasteiger charge is 2.25. The van der Waals surface area contributed by atoms with Crippen LogP contribution in [0.4, 0.5) is 0 Å². The number of carbonyl (C=O) groups is 1. The Morgan fingerprint density at radius 3 is 2.67 bits per heavy atom. The van der Waals surface area contributed by atoms with Crippen molar-refractivity contribution in [1.29, 1.82) is 0 Å². The Hall–Kier alpha value is -2.60. The fraction of sp³-hybridized carbons (Fsp3) is 0.375. The molecular formula is C24H27N3O2S. The van der Waals surface area contributed by atoms with Gasteiger partial charge in [-0.2, -0.15) is 0 Å². The number of carbonyl (C=O) groups excluding carboxylic acids is 1. The second kappa shape index (κ2) is 9.47. The van der Waals surface area contributed by atoms with Crippen molar-refractivity contribution in [2.75, 3.05) is 12.3 Å². The summed E-state index contributed by atoms with van der Waals surface area (Å²) in [6, 6.07) is 17.6.